The average Bonchev–Trinajstić information content (AvgIpc) is 2.43. The van der Waals surface area contributed by atoms with Gasteiger partial charge in [0.15, 0.2) is 0 Å². The summed E-state index contributed by atoms with van der Waals surface area (Å²) in [6.45, 7) is 7.43. The van der Waals surface area contributed by atoms with Crippen LogP contribution in [0, 0.1) is 13.8 Å². The fraction of sp³-hybridized carbons (Fsp3) is 0.533. The first-order chi connectivity index (χ1) is 9.54. The quantitative estimate of drug-likeness (QED) is 0.852. The molecule has 0 radical (unpaired) electrons. The first-order valence-corrected chi connectivity index (χ1v) is 6.93. The number of nitrogens with two attached hydrogens (primary N) is 1. The molecule has 1 atom stereocenters. The summed E-state index contributed by atoms with van der Waals surface area (Å²) in [5.41, 5.74) is 8.81. The molecule has 20 heavy (non-hydrogen) atoms. The highest BCUT2D eigenvalue weighted by Gasteiger charge is 2.29. The van der Waals surface area contributed by atoms with E-state index in [4.69, 9.17) is 10.5 Å². The van der Waals surface area contributed by atoms with Crippen LogP contribution in [0.1, 0.15) is 22.7 Å². The molecule has 0 bridgehead atoms. The maximum atomic E-state index is 12.0. The second-order valence-electron chi connectivity index (χ2n) is 5.27. The van der Waals surface area contributed by atoms with Gasteiger partial charge in [0.05, 0.1) is 7.11 Å². The molecule has 1 saturated heterocycles. The standard InChI is InChI=1S/C15H23N3O2/c1-10-8-12(13(20-3)9-11(10)2)14(15(16)19)18-6-4-17-5-7-18/h8-9,14,17H,4-7H2,1-3H3,(H2,16,19). The van der Waals surface area contributed by atoms with Gasteiger partial charge < -0.3 is 15.8 Å². The number of methoxy groups -OCH3 is 1. The van der Waals surface area contributed by atoms with Crippen LogP contribution in [0.3, 0.4) is 0 Å². The van der Waals surface area contributed by atoms with E-state index < -0.39 is 6.04 Å². The van der Waals surface area contributed by atoms with E-state index in [0.717, 1.165) is 48.6 Å². The van der Waals surface area contributed by atoms with Crippen LogP contribution in [0.15, 0.2) is 12.1 Å². The Bertz CT molecular complexity index is 496. The first kappa shape index (κ1) is 14.8. The Morgan fingerprint density at radius 1 is 1.30 bits per heavy atom. The fourth-order valence-electron chi connectivity index (χ4n) is 2.67. The Morgan fingerprint density at radius 3 is 2.45 bits per heavy atom. The number of nitrogens with one attached hydrogen (secondary N) is 1. The van der Waals surface area contributed by atoms with E-state index in [2.05, 4.69) is 10.2 Å². The summed E-state index contributed by atoms with van der Waals surface area (Å²) >= 11 is 0. The van der Waals surface area contributed by atoms with Gasteiger partial charge in [-0.2, -0.15) is 0 Å². The predicted octanol–water partition coefficient (Wildman–Crippen LogP) is 0.744. The number of carbonyl (C=O) groups excluding carboxylic acids is 1. The smallest absolute Gasteiger partial charge is 0.239 e. The number of piperazine rings is 1. The molecule has 1 aliphatic rings. The van der Waals surface area contributed by atoms with Crippen molar-refractivity contribution in [2.75, 3.05) is 33.3 Å². The van der Waals surface area contributed by atoms with Crippen molar-refractivity contribution in [3.63, 3.8) is 0 Å². The Labute approximate surface area is 120 Å². The van der Waals surface area contributed by atoms with Crippen molar-refractivity contribution < 1.29 is 9.53 Å². The van der Waals surface area contributed by atoms with Crippen molar-refractivity contribution in [2.24, 2.45) is 5.73 Å². The number of carbonyl (C=O) groups is 1. The summed E-state index contributed by atoms with van der Waals surface area (Å²) in [6, 6.07) is 3.57. The number of rotatable bonds is 4. The molecule has 0 aromatic heterocycles. The molecule has 0 spiro atoms. The summed E-state index contributed by atoms with van der Waals surface area (Å²) in [4.78, 5) is 14.1. The highest BCUT2D eigenvalue weighted by Crippen LogP contribution is 2.32. The number of hydrogen-bond acceptors (Lipinski definition) is 4. The molecule has 1 aromatic rings. The maximum Gasteiger partial charge on any atom is 0.239 e. The molecule has 1 amide bonds. The molecule has 0 saturated carbocycles. The highest BCUT2D eigenvalue weighted by molar-refractivity contribution is 5.82. The molecule has 110 valence electrons. The van der Waals surface area contributed by atoms with Crippen molar-refractivity contribution in [2.45, 2.75) is 19.9 Å². The Morgan fingerprint density at radius 2 is 1.90 bits per heavy atom. The van der Waals surface area contributed by atoms with Gasteiger partial charge in [0.25, 0.3) is 0 Å². The van der Waals surface area contributed by atoms with Crippen LogP contribution in [0.5, 0.6) is 5.75 Å². The molecule has 2 rings (SSSR count). The van der Waals surface area contributed by atoms with Gasteiger partial charge in [0, 0.05) is 31.7 Å². The maximum absolute atomic E-state index is 12.0. The normalized spacial score (nSPS) is 17.8. The number of nitrogens with zero attached hydrogens (tertiary/aromatic N) is 1. The Balaban J connectivity index is 2.42. The van der Waals surface area contributed by atoms with Crippen molar-refractivity contribution in [1.29, 1.82) is 0 Å². The van der Waals surface area contributed by atoms with Crippen LogP contribution in [0.2, 0.25) is 0 Å². The van der Waals surface area contributed by atoms with Crippen LogP contribution in [-0.2, 0) is 4.79 Å². The third kappa shape index (κ3) is 2.94. The molecule has 5 nitrogen and oxygen atoms in total. The summed E-state index contributed by atoms with van der Waals surface area (Å²) in [5, 5.41) is 3.28. The largest absolute Gasteiger partial charge is 0.496 e. The number of ether oxygens (including phenoxy) is 1. The van der Waals surface area contributed by atoms with Crippen LogP contribution in [0.25, 0.3) is 0 Å². The Hall–Kier alpha value is -1.59. The summed E-state index contributed by atoms with van der Waals surface area (Å²) < 4.78 is 5.45. The zero-order chi connectivity index (χ0) is 14.7. The highest BCUT2D eigenvalue weighted by atomic mass is 16.5. The molecule has 1 aliphatic heterocycles. The molecule has 1 fully saturated rings. The van der Waals surface area contributed by atoms with Crippen LogP contribution in [0.4, 0.5) is 0 Å². The lowest BCUT2D eigenvalue weighted by molar-refractivity contribution is -0.123. The van der Waals surface area contributed by atoms with E-state index >= 15 is 0 Å². The van der Waals surface area contributed by atoms with Gasteiger partial charge in [-0.25, -0.2) is 0 Å². The summed E-state index contributed by atoms with van der Waals surface area (Å²) in [5.74, 6) is 0.406. The van der Waals surface area contributed by atoms with Gasteiger partial charge in [-0.15, -0.1) is 0 Å². The molecule has 0 aliphatic carbocycles. The SMILES string of the molecule is COc1cc(C)c(C)cc1C(C(N)=O)N1CCNCC1. The number of primary amides is 1. The third-order valence-corrected chi connectivity index (χ3v) is 3.93. The summed E-state index contributed by atoms with van der Waals surface area (Å²) in [6.07, 6.45) is 0. The van der Waals surface area contributed by atoms with E-state index in [0.29, 0.717) is 0 Å². The number of amides is 1. The number of hydrogen-bond donors (Lipinski definition) is 2. The van der Waals surface area contributed by atoms with Crippen molar-refractivity contribution in [3.05, 3.63) is 28.8 Å². The summed E-state index contributed by atoms with van der Waals surface area (Å²) in [7, 11) is 1.63. The number of benzene rings is 1. The lowest BCUT2D eigenvalue weighted by Crippen LogP contribution is -2.48. The van der Waals surface area contributed by atoms with Crippen LogP contribution >= 0.6 is 0 Å². The average molecular weight is 277 g/mol. The van der Waals surface area contributed by atoms with Gasteiger partial charge in [0.2, 0.25) is 5.91 Å². The van der Waals surface area contributed by atoms with Crippen molar-refractivity contribution in [3.8, 4) is 5.75 Å². The van der Waals surface area contributed by atoms with Crippen molar-refractivity contribution in [1.82, 2.24) is 10.2 Å². The first-order valence-electron chi connectivity index (χ1n) is 6.93. The third-order valence-electron chi connectivity index (χ3n) is 3.93. The minimum absolute atomic E-state index is 0.326. The van der Waals surface area contributed by atoms with Gasteiger partial charge in [-0.05, 0) is 31.0 Å². The number of aryl methyl sites for hydroxylation is 2. The zero-order valence-corrected chi connectivity index (χ0v) is 12.4. The molecular weight excluding hydrogens is 254 g/mol. The van der Waals surface area contributed by atoms with Gasteiger partial charge in [-0.1, -0.05) is 6.07 Å². The van der Waals surface area contributed by atoms with E-state index in [1.807, 2.05) is 26.0 Å². The van der Waals surface area contributed by atoms with E-state index in [1.165, 1.54) is 0 Å². The van der Waals surface area contributed by atoms with Gasteiger partial charge in [0.1, 0.15) is 11.8 Å². The van der Waals surface area contributed by atoms with Crippen molar-refractivity contribution >= 4 is 5.91 Å². The monoisotopic (exact) mass is 277 g/mol. The second-order valence-corrected chi connectivity index (χ2v) is 5.27. The molecule has 5 heteroatoms. The molecular formula is C15H23N3O2. The lowest BCUT2D eigenvalue weighted by atomic mass is 9.97. The van der Waals surface area contributed by atoms with Gasteiger partial charge in [-0.3, -0.25) is 9.69 Å². The second kappa shape index (κ2) is 6.24. The van der Waals surface area contributed by atoms with Gasteiger partial charge >= 0.3 is 0 Å². The minimum atomic E-state index is -0.425. The molecule has 1 heterocycles. The van der Waals surface area contributed by atoms with Crippen LogP contribution in [-0.4, -0.2) is 44.1 Å². The topological polar surface area (TPSA) is 67.6 Å². The zero-order valence-electron chi connectivity index (χ0n) is 12.4. The Kier molecular flexibility index (Phi) is 4.62. The minimum Gasteiger partial charge on any atom is -0.496 e. The van der Waals surface area contributed by atoms with Crippen LogP contribution < -0.4 is 15.8 Å². The van der Waals surface area contributed by atoms with E-state index in [1.54, 1.807) is 7.11 Å². The predicted molar refractivity (Wildman–Crippen MR) is 78.8 cm³/mol. The lowest BCUT2D eigenvalue weighted by Gasteiger charge is -2.34. The van der Waals surface area contributed by atoms with E-state index in [-0.39, 0.29) is 5.91 Å². The fourth-order valence-corrected chi connectivity index (χ4v) is 2.67. The molecule has 1 aromatic carbocycles. The molecule has 1 unspecified atom stereocenters. The molecule has 3 N–H and O–H groups in total. The van der Waals surface area contributed by atoms with E-state index in [9.17, 15) is 4.79 Å².